The third-order valence-electron chi connectivity index (χ3n) is 6.72. The Hall–Kier alpha value is -2.73. The first kappa shape index (κ1) is 27.3. The zero-order valence-electron chi connectivity index (χ0n) is 21.7. The summed E-state index contributed by atoms with van der Waals surface area (Å²) in [6.45, 7) is 6.90. The van der Waals surface area contributed by atoms with Crippen LogP contribution in [0.4, 0.5) is 11.5 Å². The van der Waals surface area contributed by atoms with Crippen LogP contribution in [0.2, 0.25) is 0 Å². The fourth-order valence-corrected chi connectivity index (χ4v) is 7.03. The summed E-state index contributed by atoms with van der Waals surface area (Å²) in [5.41, 5.74) is 1.88. The summed E-state index contributed by atoms with van der Waals surface area (Å²) < 4.78 is 45.2. The second kappa shape index (κ2) is 12.2. The Labute approximate surface area is 219 Å². The van der Waals surface area contributed by atoms with Gasteiger partial charge in [0.05, 0.1) is 43.7 Å². The zero-order chi connectivity index (χ0) is 26.4. The molecule has 2 aliphatic heterocycles. The maximum absolute atomic E-state index is 13.7. The van der Waals surface area contributed by atoms with Gasteiger partial charge in [-0.25, -0.2) is 13.4 Å². The standard InChI is InChI=1S/C26H36N4O6S/c1-19-14-23(34-3)15-20(2)26(19)37(32,33)30-9-5-4-6-22(30)17-36-18-25(31)28-21-7-8-24(27-16-21)29-10-12-35-13-11-29/h7-8,14-16,22H,4-6,9-13,17-18H2,1-3H3,(H,28,31). The molecule has 37 heavy (non-hydrogen) atoms. The predicted molar refractivity (Wildman–Crippen MR) is 141 cm³/mol. The van der Waals surface area contributed by atoms with Crippen molar-refractivity contribution in [3.63, 3.8) is 0 Å². The summed E-state index contributed by atoms with van der Waals surface area (Å²) in [6, 6.07) is 6.83. The molecule has 3 heterocycles. The molecule has 0 radical (unpaired) electrons. The zero-order valence-corrected chi connectivity index (χ0v) is 22.6. The van der Waals surface area contributed by atoms with E-state index in [1.54, 1.807) is 39.3 Å². The Morgan fingerprint density at radius 3 is 2.51 bits per heavy atom. The quantitative estimate of drug-likeness (QED) is 0.525. The molecule has 2 saturated heterocycles. The van der Waals surface area contributed by atoms with Gasteiger partial charge in [-0.2, -0.15) is 4.31 Å². The highest BCUT2D eigenvalue weighted by atomic mass is 32.2. The average Bonchev–Trinajstić information content (AvgIpc) is 2.89. The molecule has 0 aliphatic carbocycles. The third-order valence-corrected chi connectivity index (χ3v) is 8.98. The van der Waals surface area contributed by atoms with Crippen molar-refractivity contribution in [2.75, 3.05) is 63.4 Å². The van der Waals surface area contributed by atoms with Crippen molar-refractivity contribution in [2.45, 2.75) is 44.0 Å². The molecule has 0 spiro atoms. The van der Waals surface area contributed by atoms with Crippen molar-refractivity contribution in [3.05, 3.63) is 41.6 Å². The predicted octanol–water partition coefficient (Wildman–Crippen LogP) is 2.74. The molecule has 2 aromatic rings. The van der Waals surface area contributed by atoms with Gasteiger partial charge in [-0.1, -0.05) is 6.42 Å². The molecule has 0 saturated carbocycles. The summed E-state index contributed by atoms with van der Waals surface area (Å²) in [7, 11) is -2.17. The third kappa shape index (κ3) is 6.59. The normalized spacial score (nSPS) is 19.0. The molecule has 1 N–H and O–H groups in total. The van der Waals surface area contributed by atoms with E-state index in [2.05, 4.69) is 15.2 Å². The van der Waals surface area contributed by atoms with Crippen molar-refractivity contribution < 1.29 is 27.4 Å². The van der Waals surface area contributed by atoms with E-state index in [-0.39, 0.29) is 25.2 Å². The first-order chi connectivity index (χ1) is 17.8. The van der Waals surface area contributed by atoms with E-state index in [0.29, 0.717) is 53.6 Å². The number of hydrogen-bond acceptors (Lipinski definition) is 8. The Morgan fingerprint density at radius 1 is 1.14 bits per heavy atom. The van der Waals surface area contributed by atoms with E-state index in [4.69, 9.17) is 14.2 Å². The lowest BCUT2D eigenvalue weighted by atomic mass is 10.1. The molecule has 1 aromatic carbocycles. The minimum absolute atomic E-state index is 0.148. The molecule has 1 aromatic heterocycles. The van der Waals surface area contributed by atoms with Gasteiger partial charge in [0.25, 0.3) is 0 Å². The van der Waals surface area contributed by atoms with Crippen LogP contribution in [0.5, 0.6) is 5.75 Å². The van der Waals surface area contributed by atoms with E-state index in [0.717, 1.165) is 31.7 Å². The number of anilines is 2. The summed E-state index contributed by atoms with van der Waals surface area (Å²) >= 11 is 0. The highest BCUT2D eigenvalue weighted by Crippen LogP contribution is 2.32. The number of ether oxygens (including phenoxy) is 3. The molecule has 1 amide bonds. The summed E-state index contributed by atoms with van der Waals surface area (Å²) in [5.74, 6) is 1.16. The van der Waals surface area contributed by atoms with Gasteiger partial charge in [0, 0.05) is 25.7 Å². The number of morpholine rings is 1. The number of carbonyl (C=O) groups is 1. The van der Waals surface area contributed by atoms with Gasteiger partial charge < -0.3 is 24.4 Å². The summed E-state index contributed by atoms with van der Waals surface area (Å²) in [6.07, 6.45) is 4.01. The second-order valence-electron chi connectivity index (χ2n) is 9.42. The van der Waals surface area contributed by atoms with Crippen LogP contribution in [-0.4, -0.2) is 82.8 Å². The first-order valence-electron chi connectivity index (χ1n) is 12.6. The first-order valence-corrected chi connectivity index (χ1v) is 14.1. The number of aryl methyl sites for hydroxylation is 2. The lowest BCUT2D eigenvalue weighted by molar-refractivity contribution is -0.121. The highest BCUT2D eigenvalue weighted by molar-refractivity contribution is 7.89. The van der Waals surface area contributed by atoms with E-state index in [1.807, 2.05) is 12.1 Å². The molecular formula is C26H36N4O6S. The van der Waals surface area contributed by atoms with Crippen molar-refractivity contribution in [2.24, 2.45) is 0 Å². The smallest absolute Gasteiger partial charge is 0.250 e. The van der Waals surface area contributed by atoms with E-state index in [9.17, 15) is 13.2 Å². The fraction of sp³-hybridized carbons (Fsp3) is 0.538. The number of benzene rings is 1. The lowest BCUT2D eigenvalue weighted by Gasteiger charge is -2.35. The van der Waals surface area contributed by atoms with Gasteiger partial charge in [0.2, 0.25) is 15.9 Å². The number of methoxy groups -OCH3 is 1. The van der Waals surface area contributed by atoms with Crippen LogP contribution in [0, 0.1) is 13.8 Å². The van der Waals surface area contributed by atoms with E-state index in [1.165, 1.54) is 4.31 Å². The van der Waals surface area contributed by atoms with Crippen molar-refractivity contribution in [3.8, 4) is 5.75 Å². The topological polar surface area (TPSA) is 110 Å². The van der Waals surface area contributed by atoms with Crippen molar-refractivity contribution in [1.82, 2.24) is 9.29 Å². The molecule has 1 atom stereocenters. The number of sulfonamides is 1. The van der Waals surface area contributed by atoms with E-state index < -0.39 is 10.0 Å². The molecular weight excluding hydrogens is 496 g/mol. The van der Waals surface area contributed by atoms with Crippen molar-refractivity contribution in [1.29, 1.82) is 0 Å². The van der Waals surface area contributed by atoms with Crippen molar-refractivity contribution >= 4 is 27.4 Å². The Kier molecular flexibility index (Phi) is 9.01. The molecule has 0 bridgehead atoms. The largest absolute Gasteiger partial charge is 0.497 e. The monoisotopic (exact) mass is 532 g/mol. The minimum Gasteiger partial charge on any atom is -0.497 e. The van der Waals surface area contributed by atoms with Crippen LogP contribution < -0.4 is 15.0 Å². The molecule has 4 rings (SSSR count). The number of pyridine rings is 1. The molecule has 11 heteroatoms. The number of rotatable bonds is 9. The SMILES string of the molecule is COc1cc(C)c(S(=O)(=O)N2CCCCC2COCC(=O)Nc2ccc(N3CCOCC3)nc2)c(C)c1. The number of nitrogens with zero attached hydrogens (tertiary/aromatic N) is 3. The van der Waals surface area contributed by atoms with Gasteiger partial charge in [-0.3, -0.25) is 4.79 Å². The summed E-state index contributed by atoms with van der Waals surface area (Å²) in [4.78, 5) is 19.3. The van der Waals surface area contributed by atoms with Crippen LogP contribution in [0.3, 0.4) is 0 Å². The number of nitrogens with one attached hydrogen (secondary N) is 1. The number of carbonyl (C=O) groups excluding carboxylic acids is 1. The van der Waals surface area contributed by atoms with Crippen LogP contribution in [0.15, 0.2) is 35.4 Å². The van der Waals surface area contributed by atoms with Gasteiger partial charge in [0.15, 0.2) is 0 Å². The van der Waals surface area contributed by atoms with Gasteiger partial charge in [-0.15, -0.1) is 0 Å². The van der Waals surface area contributed by atoms with Crippen LogP contribution in [0.1, 0.15) is 30.4 Å². The van der Waals surface area contributed by atoms with Gasteiger partial charge in [-0.05, 0) is 62.1 Å². The average molecular weight is 533 g/mol. The number of hydrogen-bond donors (Lipinski definition) is 1. The Bertz CT molecular complexity index is 1160. The number of amides is 1. The summed E-state index contributed by atoms with van der Waals surface area (Å²) in [5, 5.41) is 2.79. The molecule has 1 unspecified atom stereocenters. The Balaban J connectivity index is 1.33. The fourth-order valence-electron chi connectivity index (χ4n) is 4.93. The molecule has 10 nitrogen and oxygen atoms in total. The maximum atomic E-state index is 13.7. The van der Waals surface area contributed by atoms with Crippen LogP contribution >= 0.6 is 0 Å². The van der Waals surface area contributed by atoms with Crippen LogP contribution in [-0.2, 0) is 24.3 Å². The van der Waals surface area contributed by atoms with E-state index >= 15 is 0 Å². The number of piperidine rings is 1. The number of aromatic nitrogens is 1. The molecule has 202 valence electrons. The second-order valence-corrected chi connectivity index (χ2v) is 11.3. The minimum atomic E-state index is -3.73. The van der Waals surface area contributed by atoms with Gasteiger partial charge >= 0.3 is 0 Å². The molecule has 2 fully saturated rings. The van der Waals surface area contributed by atoms with Crippen LogP contribution in [0.25, 0.3) is 0 Å². The lowest BCUT2D eigenvalue weighted by Crippen LogP contribution is -2.46. The Morgan fingerprint density at radius 2 is 1.86 bits per heavy atom. The molecule has 2 aliphatic rings. The maximum Gasteiger partial charge on any atom is 0.250 e. The van der Waals surface area contributed by atoms with Gasteiger partial charge in [0.1, 0.15) is 18.2 Å². The highest BCUT2D eigenvalue weighted by Gasteiger charge is 2.35.